The molecule has 1 heterocycles. The number of hydrogen-bond acceptors (Lipinski definition) is 4. The fraction of sp³-hybridized carbons (Fsp3) is 0.562. The minimum atomic E-state index is -0.380. The molecular formula is C16H21BrO4. The van der Waals surface area contributed by atoms with E-state index in [4.69, 9.17) is 9.47 Å². The van der Waals surface area contributed by atoms with Crippen LogP contribution in [0.3, 0.4) is 0 Å². The molecule has 0 amide bonds. The predicted octanol–water partition coefficient (Wildman–Crippen LogP) is 3.81. The number of fused-ring (bicyclic) bond motifs is 1. The topological polar surface area (TPSA) is 55.8 Å². The molecule has 2 rings (SSSR count). The Bertz CT molecular complexity index is 582. The quantitative estimate of drug-likeness (QED) is 0.836. The maximum Gasteiger partial charge on any atom is 0.305 e. The van der Waals surface area contributed by atoms with E-state index in [-0.39, 0.29) is 17.3 Å². The monoisotopic (exact) mass is 356 g/mol. The number of halogens is 1. The van der Waals surface area contributed by atoms with E-state index in [1.807, 2.05) is 20.8 Å². The number of hydrogen-bond donors (Lipinski definition) is 1. The van der Waals surface area contributed by atoms with Crippen molar-refractivity contribution in [1.29, 1.82) is 0 Å². The Morgan fingerprint density at radius 3 is 2.71 bits per heavy atom. The number of esters is 1. The molecule has 0 bridgehead atoms. The fourth-order valence-electron chi connectivity index (χ4n) is 2.67. The number of aromatic hydroxyl groups is 1. The van der Waals surface area contributed by atoms with Crippen molar-refractivity contribution in [3.63, 3.8) is 0 Å². The molecule has 1 N–H and O–H groups in total. The molecule has 1 aliphatic heterocycles. The molecule has 1 aromatic carbocycles. The van der Waals surface area contributed by atoms with Gasteiger partial charge in [0.05, 0.1) is 11.6 Å². The Labute approximate surface area is 133 Å². The van der Waals surface area contributed by atoms with Gasteiger partial charge in [-0.25, -0.2) is 0 Å². The number of benzene rings is 1. The van der Waals surface area contributed by atoms with Gasteiger partial charge in [0.1, 0.15) is 17.1 Å². The molecule has 4 nitrogen and oxygen atoms in total. The normalized spacial score (nSPS) is 20.6. The van der Waals surface area contributed by atoms with E-state index in [1.54, 1.807) is 0 Å². The third-order valence-electron chi connectivity index (χ3n) is 4.34. The molecular weight excluding hydrogens is 336 g/mol. The molecule has 0 fully saturated rings. The summed E-state index contributed by atoms with van der Waals surface area (Å²) in [6.07, 6.45) is 2.58. The number of carbonyl (C=O) groups excluding carboxylic acids is 1. The number of phenols is 1. The summed E-state index contributed by atoms with van der Waals surface area (Å²) >= 11 is 3.46. The second-order valence-corrected chi connectivity index (χ2v) is 6.64. The van der Waals surface area contributed by atoms with Gasteiger partial charge in [0.25, 0.3) is 0 Å². The van der Waals surface area contributed by atoms with E-state index in [2.05, 4.69) is 15.9 Å². The second-order valence-electron chi connectivity index (χ2n) is 5.85. The molecule has 0 aromatic heterocycles. The molecule has 1 atom stereocenters. The molecule has 0 spiro atoms. The Morgan fingerprint density at radius 1 is 1.43 bits per heavy atom. The zero-order valence-corrected chi connectivity index (χ0v) is 14.5. The summed E-state index contributed by atoms with van der Waals surface area (Å²) < 4.78 is 11.6. The minimum Gasteiger partial charge on any atom is -0.506 e. The molecule has 116 valence electrons. The van der Waals surface area contributed by atoms with E-state index < -0.39 is 0 Å². The first kappa shape index (κ1) is 16.1. The molecule has 5 heteroatoms. The maximum absolute atomic E-state index is 11.3. The van der Waals surface area contributed by atoms with Crippen LogP contribution in [-0.4, -0.2) is 23.8 Å². The summed E-state index contributed by atoms with van der Waals surface area (Å²) in [5.74, 6) is 0.897. The Hall–Kier alpha value is -1.23. The third kappa shape index (κ3) is 3.03. The number of rotatable bonds is 3. The summed E-state index contributed by atoms with van der Waals surface area (Å²) in [5.41, 5.74) is 2.40. The van der Waals surface area contributed by atoms with Crippen LogP contribution in [0.2, 0.25) is 0 Å². The van der Waals surface area contributed by atoms with Crippen LogP contribution < -0.4 is 4.74 Å². The number of phenolic OH excluding ortho intramolecular Hbond substituents is 1. The molecule has 21 heavy (non-hydrogen) atoms. The first-order valence-electron chi connectivity index (χ1n) is 7.05. The highest BCUT2D eigenvalue weighted by Crippen LogP contribution is 2.46. The van der Waals surface area contributed by atoms with Gasteiger partial charge >= 0.3 is 5.97 Å². The van der Waals surface area contributed by atoms with Gasteiger partial charge in [-0.2, -0.15) is 0 Å². The second kappa shape index (κ2) is 5.87. The smallest absolute Gasteiger partial charge is 0.305 e. The standard InChI is InChI=1S/C16H21BrO4/c1-9-10(2)15-11(13(17)14(9)19)5-7-16(3,21-15)8-6-12(18)20-4/h19H,5-8H2,1-4H3. The maximum atomic E-state index is 11.3. The fourth-order valence-corrected chi connectivity index (χ4v) is 3.35. The van der Waals surface area contributed by atoms with Crippen LogP contribution in [0, 0.1) is 13.8 Å². The SMILES string of the molecule is COC(=O)CCC1(C)CCc2c(Br)c(O)c(C)c(C)c2O1. The van der Waals surface area contributed by atoms with Gasteiger partial charge in [0, 0.05) is 12.0 Å². The van der Waals surface area contributed by atoms with Gasteiger partial charge in [-0.15, -0.1) is 0 Å². The zero-order chi connectivity index (χ0) is 15.8. The molecule has 0 saturated heterocycles. The van der Waals surface area contributed by atoms with Gasteiger partial charge in [-0.3, -0.25) is 4.79 Å². The van der Waals surface area contributed by atoms with Crippen LogP contribution >= 0.6 is 15.9 Å². The van der Waals surface area contributed by atoms with Gasteiger partial charge in [0.15, 0.2) is 0 Å². The van der Waals surface area contributed by atoms with Crippen molar-refractivity contribution in [2.24, 2.45) is 0 Å². The lowest BCUT2D eigenvalue weighted by Crippen LogP contribution is -2.37. The van der Waals surface area contributed by atoms with Crippen LogP contribution in [-0.2, 0) is 16.0 Å². The first-order valence-corrected chi connectivity index (χ1v) is 7.84. The minimum absolute atomic E-state index is 0.217. The van der Waals surface area contributed by atoms with Crippen molar-refractivity contribution < 1.29 is 19.4 Å². The zero-order valence-electron chi connectivity index (χ0n) is 12.9. The summed E-state index contributed by atoms with van der Waals surface area (Å²) in [7, 11) is 1.40. The molecule has 1 unspecified atom stereocenters. The van der Waals surface area contributed by atoms with Crippen molar-refractivity contribution in [3.8, 4) is 11.5 Å². The van der Waals surface area contributed by atoms with Gasteiger partial charge in [-0.05, 0) is 67.1 Å². The molecule has 1 aromatic rings. The molecule has 0 radical (unpaired) electrons. The highest BCUT2D eigenvalue weighted by molar-refractivity contribution is 9.10. The summed E-state index contributed by atoms with van der Waals surface area (Å²) in [6.45, 7) is 5.85. The molecule has 0 saturated carbocycles. The van der Waals surface area contributed by atoms with Crippen molar-refractivity contribution in [2.75, 3.05) is 7.11 Å². The van der Waals surface area contributed by atoms with Crippen molar-refractivity contribution in [1.82, 2.24) is 0 Å². The van der Waals surface area contributed by atoms with E-state index in [0.29, 0.717) is 12.8 Å². The lowest BCUT2D eigenvalue weighted by molar-refractivity contribution is -0.141. The predicted molar refractivity (Wildman–Crippen MR) is 83.9 cm³/mol. The largest absolute Gasteiger partial charge is 0.506 e. The van der Waals surface area contributed by atoms with Gasteiger partial charge < -0.3 is 14.6 Å². The van der Waals surface area contributed by atoms with E-state index in [1.165, 1.54) is 7.11 Å². The van der Waals surface area contributed by atoms with Gasteiger partial charge in [0.2, 0.25) is 0 Å². The van der Waals surface area contributed by atoms with Crippen LogP contribution in [0.4, 0.5) is 0 Å². The summed E-state index contributed by atoms with van der Waals surface area (Å²) in [5, 5.41) is 10.1. The molecule has 1 aliphatic rings. The average Bonchev–Trinajstić information content (AvgIpc) is 2.48. The number of carbonyl (C=O) groups is 1. The Morgan fingerprint density at radius 2 is 2.10 bits per heavy atom. The third-order valence-corrected chi connectivity index (χ3v) is 5.20. The first-order chi connectivity index (χ1) is 9.79. The van der Waals surface area contributed by atoms with Crippen molar-refractivity contribution in [2.45, 2.75) is 52.1 Å². The van der Waals surface area contributed by atoms with Crippen LogP contribution in [0.15, 0.2) is 4.47 Å². The van der Waals surface area contributed by atoms with E-state index in [9.17, 15) is 9.90 Å². The number of methoxy groups -OCH3 is 1. The lowest BCUT2D eigenvalue weighted by atomic mass is 9.87. The highest BCUT2D eigenvalue weighted by atomic mass is 79.9. The molecule has 0 aliphatic carbocycles. The van der Waals surface area contributed by atoms with E-state index in [0.717, 1.165) is 39.8 Å². The van der Waals surface area contributed by atoms with E-state index >= 15 is 0 Å². The van der Waals surface area contributed by atoms with Crippen LogP contribution in [0.25, 0.3) is 0 Å². The highest BCUT2D eigenvalue weighted by Gasteiger charge is 2.35. The van der Waals surface area contributed by atoms with Crippen LogP contribution in [0.5, 0.6) is 11.5 Å². The summed E-state index contributed by atoms with van der Waals surface area (Å²) in [4.78, 5) is 11.3. The van der Waals surface area contributed by atoms with Crippen LogP contribution in [0.1, 0.15) is 42.9 Å². The summed E-state index contributed by atoms with van der Waals surface area (Å²) in [6, 6.07) is 0. The lowest BCUT2D eigenvalue weighted by Gasteiger charge is -2.37. The van der Waals surface area contributed by atoms with Crippen molar-refractivity contribution >= 4 is 21.9 Å². The Kier molecular flexibility index (Phi) is 4.51. The Balaban J connectivity index is 2.30. The van der Waals surface area contributed by atoms with Gasteiger partial charge in [-0.1, -0.05) is 0 Å². The number of ether oxygens (including phenoxy) is 2. The van der Waals surface area contributed by atoms with Crippen molar-refractivity contribution in [3.05, 3.63) is 21.2 Å². The average molecular weight is 357 g/mol.